The summed E-state index contributed by atoms with van der Waals surface area (Å²) >= 11 is 0. The first-order chi connectivity index (χ1) is 10.2. The van der Waals surface area contributed by atoms with E-state index in [0.29, 0.717) is 0 Å². The number of hydrogen-bond donors (Lipinski definition) is 0. The summed E-state index contributed by atoms with van der Waals surface area (Å²) in [6.07, 6.45) is 4.26. The molecule has 0 atom stereocenters. The van der Waals surface area contributed by atoms with Crippen molar-refractivity contribution < 1.29 is 16.8 Å². The monoisotopic (exact) mass is 340 g/mol. The Kier molecular flexibility index (Phi) is 4.64. The van der Waals surface area contributed by atoms with Gasteiger partial charge in [0.1, 0.15) is 0 Å². The zero-order valence-corrected chi connectivity index (χ0v) is 13.8. The van der Waals surface area contributed by atoms with E-state index in [2.05, 4.69) is 4.98 Å². The zero-order chi connectivity index (χ0) is 16.4. The Bertz CT molecular complexity index is 845. The van der Waals surface area contributed by atoms with Crippen molar-refractivity contribution in [2.75, 3.05) is 13.3 Å². The van der Waals surface area contributed by atoms with E-state index in [4.69, 9.17) is 0 Å². The van der Waals surface area contributed by atoms with Crippen LogP contribution < -0.4 is 0 Å². The third-order valence-corrected chi connectivity index (χ3v) is 6.06. The summed E-state index contributed by atoms with van der Waals surface area (Å²) in [5, 5.41) is 0. The molecule has 2 aromatic rings. The Labute approximate surface area is 130 Å². The minimum absolute atomic E-state index is 0.0523. The van der Waals surface area contributed by atoms with Crippen LogP contribution in [0, 0.1) is 0 Å². The molecule has 118 valence electrons. The van der Waals surface area contributed by atoms with Crippen LogP contribution in [-0.2, 0) is 26.4 Å². The van der Waals surface area contributed by atoms with Gasteiger partial charge >= 0.3 is 0 Å². The van der Waals surface area contributed by atoms with Gasteiger partial charge < -0.3 is 0 Å². The molecule has 1 aromatic heterocycles. The van der Waals surface area contributed by atoms with E-state index < -0.39 is 19.9 Å². The summed E-state index contributed by atoms with van der Waals surface area (Å²) in [7, 11) is -5.56. The Balaban J connectivity index is 2.26. The lowest BCUT2D eigenvalue weighted by Gasteiger charge is -2.17. The van der Waals surface area contributed by atoms with Gasteiger partial charge in [-0.15, -0.1) is 0 Å². The first-order valence-corrected chi connectivity index (χ1v) is 9.70. The summed E-state index contributed by atoms with van der Waals surface area (Å²) in [6, 6.07) is 8.66. The summed E-state index contributed by atoms with van der Waals surface area (Å²) in [6.45, 7) is 0.207. The molecule has 0 aliphatic heterocycles. The van der Waals surface area contributed by atoms with Gasteiger partial charge in [-0.05, 0) is 42.0 Å². The molecule has 0 spiro atoms. The van der Waals surface area contributed by atoms with Gasteiger partial charge in [-0.25, -0.2) is 16.8 Å². The Hall–Kier alpha value is -1.77. The Morgan fingerprint density at radius 3 is 1.91 bits per heavy atom. The number of nitrogens with zero attached hydrogens (tertiary/aromatic N) is 2. The molecular weight excluding hydrogens is 324 g/mol. The fraction of sp³-hybridized carbons (Fsp3) is 0.214. The molecule has 0 unspecified atom stereocenters. The maximum atomic E-state index is 12.5. The topological polar surface area (TPSA) is 84.4 Å². The highest BCUT2D eigenvalue weighted by Gasteiger charge is 2.21. The number of benzene rings is 1. The van der Waals surface area contributed by atoms with E-state index in [0.717, 1.165) is 11.8 Å². The number of sulfonamides is 1. The van der Waals surface area contributed by atoms with Gasteiger partial charge in [0.2, 0.25) is 10.0 Å². The number of sulfone groups is 1. The first kappa shape index (κ1) is 16.6. The van der Waals surface area contributed by atoms with Crippen molar-refractivity contribution in [2.45, 2.75) is 16.3 Å². The molecule has 0 bridgehead atoms. The van der Waals surface area contributed by atoms with Gasteiger partial charge in [0, 0.05) is 32.2 Å². The van der Waals surface area contributed by atoms with Gasteiger partial charge in [-0.1, -0.05) is 0 Å². The van der Waals surface area contributed by atoms with E-state index in [1.165, 1.54) is 35.6 Å². The summed E-state index contributed by atoms with van der Waals surface area (Å²) < 4.78 is 48.9. The van der Waals surface area contributed by atoms with Crippen LogP contribution in [0.2, 0.25) is 0 Å². The minimum atomic E-state index is -3.68. The van der Waals surface area contributed by atoms with Crippen LogP contribution in [-0.4, -0.2) is 39.4 Å². The third-order valence-electron chi connectivity index (χ3n) is 3.11. The minimum Gasteiger partial charge on any atom is -0.265 e. The third kappa shape index (κ3) is 3.70. The average Bonchev–Trinajstić information content (AvgIpc) is 2.47. The number of pyridine rings is 1. The second-order valence-electron chi connectivity index (χ2n) is 4.86. The zero-order valence-electron chi connectivity index (χ0n) is 12.2. The second kappa shape index (κ2) is 6.15. The lowest BCUT2D eigenvalue weighted by Crippen LogP contribution is -2.26. The molecule has 0 saturated heterocycles. The van der Waals surface area contributed by atoms with Crippen LogP contribution in [0.1, 0.15) is 5.56 Å². The fourth-order valence-electron chi connectivity index (χ4n) is 1.87. The molecule has 1 aromatic carbocycles. The molecule has 6 nitrogen and oxygen atoms in total. The standard InChI is InChI=1S/C14H16N2O4S2/c1-16(11-12-7-9-15-10-8-12)22(19,20)14-5-3-13(4-6-14)21(2,17)18/h3-10H,11H2,1-2H3. The second-order valence-corrected chi connectivity index (χ2v) is 8.92. The summed E-state index contributed by atoms with van der Waals surface area (Å²) in [5.41, 5.74) is 0.814. The van der Waals surface area contributed by atoms with Gasteiger partial charge in [-0.2, -0.15) is 4.31 Å². The van der Waals surface area contributed by atoms with E-state index in [9.17, 15) is 16.8 Å². The van der Waals surface area contributed by atoms with Crippen LogP contribution in [0.5, 0.6) is 0 Å². The van der Waals surface area contributed by atoms with Crippen molar-refractivity contribution in [1.82, 2.24) is 9.29 Å². The molecule has 0 amide bonds. The van der Waals surface area contributed by atoms with E-state index in [1.807, 2.05) is 0 Å². The van der Waals surface area contributed by atoms with Crippen molar-refractivity contribution in [2.24, 2.45) is 0 Å². The van der Waals surface area contributed by atoms with Crippen molar-refractivity contribution in [3.05, 3.63) is 54.4 Å². The Morgan fingerprint density at radius 2 is 1.41 bits per heavy atom. The smallest absolute Gasteiger partial charge is 0.243 e. The predicted molar refractivity (Wildman–Crippen MR) is 82.4 cm³/mol. The first-order valence-electron chi connectivity index (χ1n) is 6.36. The number of rotatable bonds is 5. The van der Waals surface area contributed by atoms with Crippen LogP contribution in [0.15, 0.2) is 58.6 Å². The van der Waals surface area contributed by atoms with E-state index in [-0.39, 0.29) is 16.3 Å². The quantitative estimate of drug-likeness (QED) is 0.819. The van der Waals surface area contributed by atoms with E-state index >= 15 is 0 Å². The van der Waals surface area contributed by atoms with Crippen LogP contribution in [0.25, 0.3) is 0 Å². The summed E-state index contributed by atoms with van der Waals surface area (Å²) in [4.78, 5) is 4.02. The molecule has 2 rings (SSSR count). The van der Waals surface area contributed by atoms with Gasteiger partial charge in [0.05, 0.1) is 9.79 Å². The maximum Gasteiger partial charge on any atom is 0.243 e. The van der Waals surface area contributed by atoms with Crippen molar-refractivity contribution in [3.8, 4) is 0 Å². The van der Waals surface area contributed by atoms with Crippen LogP contribution in [0.3, 0.4) is 0 Å². The molecule has 0 aliphatic rings. The van der Waals surface area contributed by atoms with Crippen LogP contribution >= 0.6 is 0 Å². The molecule has 22 heavy (non-hydrogen) atoms. The van der Waals surface area contributed by atoms with Gasteiger partial charge in [0.15, 0.2) is 9.84 Å². The molecular formula is C14H16N2O4S2. The molecule has 0 radical (unpaired) electrons. The molecule has 1 heterocycles. The average molecular weight is 340 g/mol. The largest absolute Gasteiger partial charge is 0.265 e. The number of hydrogen-bond acceptors (Lipinski definition) is 5. The molecule has 8 heteroatoms. The lowest BCUT2D eigenvalue weighted by atomic mass is 10.3. The molecule has 0 fully saturated rings. The SMILES string of the molecule is CN(Cc1ccncc1)S(=O)(=O)c1ccc(S(C)(=O)=O)cc1. The fourth-order valence-corrected chi connectivity index (χ4v) is 3.66. The van der Waals surface area contributed by atoms with Crippen molar-refractivity contribution in [3.63, 3.8) is 0 Å². The van der Waals surface area contributed by atoms with Crippen molar-refractivity contribution >= 4 is 19.9 Å². The predicted octanol–water partition coefficient (Wildman–Crippen LogP) is 1.31. The maximum absolute atomic E-state index is 12.5. The van der Waals surface area contributed by atoms with Gasteiger partial charge in [0.25, 0.3) is 0 Å². The molecule has 0 saturated carbocycles. The Morgan fingerprint density at radius 1 is 0.909 bits per heavy atom. The summed E-state index contributed by atoms with van der Waals surface area (Å²) in [5.74, 6) is 0. The normalized spacial score (nSPS) is 12.5. The molecule has 0 N–H and O–H groups in total. The lowest BCUT2D eigenvalue weighted by molar-refractivity contribution is 0.466. The highest BCUT2D eigenvalue weighted by atomic mass is 32.2. The number of aromatic nitrogens is 1. The van der Waals surface area contributed by atoms with Gasteiger partial charge in [-0.3, -0.25) is 4.98 Å². The molecule has 0 aliphatic carbocycles. The van der Waals surface area contributed by atoms with E-state index in [1.54, 1.807) is 24.5 Å². The van der Waals surface area contributed by atoms with Crippen LogP contribution in [0.4, 0.5) is 0 Å². The van der Waals surface area contributed by atoms with Crippen molar-refractivity contribution in [1.29, 1.82) is 0 Å². The highest BCUT2D eigenvalue weighted by molar-refractivity contribution is 7.90. The highest BCUT2D eigenvalue weighted by Crippen LogP contribution is 2.19.